The maximum absolute atomic E-state index is 5.45. The Kier molecular flexibility index (Phi) is 8.12. The van der Waals surface area contributed by atoms with Crippen molar-refractivity contribution < 1.29 is 9.47 Å². The Bertz CT molecular complexity index is 379. The molecule has 114 valence electrons. The van der Waals surface area contributed by atoms with Gasteiger partial charge in [-0.25, -0.2) is 0 Å². The van der Waals surface area contributed by atoms with Crippen LogP contribution in [0.3, 0.4) is 0 Å². The molecule has 0 saturated carbocycles. The van der Waals surface area contributed by atoms with E-state index >= 15 is 0 Å². The molecule has 3 nitrogen and oxygen atoms in total. The van der Waals surface area contributed by atoms with Gasteiger partial charge in [-0.05, 0) is 24.9 Å². The quantitative estimate of drug-likeness (QED) is 0.702. The zero-order valence-electron chi connectivity index (χ0n) is 13.4. The third-order valence-electron chi connectivity index (χ3n) is 3.78. The minimum absolute atomic E-state index is 0.770. The third kappa shape index (κ3) is 5.04. The highest BCUT2D eigenvalue weighted by Gasteiger charge is 2.10. The molecule has 1 rings (SSSR count). The Morgan fingerprint density at radius 2 is 1.95 bits per heavy atom. The maximum Gasteiger partial charge on any atom is 0.165 e. The second-order valence-corrected chi connectivity index (χ2v) is 5.20. The van der Waals surface area contributed by atoms with Gasteiger partial charge in [0.15, 0.2) is 11.5 Å². The summed E-state index contributed by atoms with van der Waals surface area (Å²) in [6.07, 6.45) is 5.15. The van der Waals surface area contributed by atoms with Gasteiger partial charge in [-0.1, -0.05) is 45.2 Å². The molecule has 0 aliphatic heterocycles. The van der Waals surface area contributed by atoms with Gasteiger partial charge >= 0.3 is 0 Å². The lowest BCUT2D eigenvalue weighted by Crippen LogP contribution is -2.22. The van der Waals surface area contributed by atoms with Crippen molar-refractivity contribution in [2.75, 3.05) is 20.8 Å². The fraction of sp³-hybridized carbons (Fsp3) is 0.647. The predicted molar refractivity (Wildman–Crippen MR) is 84.6 cm³/mol. The van der Waals surface area contributed by atoms with Crippen LogP contribution in [0.1, 0.15) is 45.1 Å². The van der Waals surface area contributed by atoms with Gasteiger partial charge in [0.25, 0.3) is 0 Å². The number of ether oxygens (including phenoxy) is 2. The van der Waals surface area contributed by atoms with Crippen molar-refractivity contribution in [3.63, 3.8) is 0 Å². The van der Waals surface area contributed by atoms with Crippen LogP contribution in [0.5, 0.6) is 11.5 Å². The number of rotatable bonds is 10. The summed E-state index contributed by atoms with van der Waals surface area (Å²) in [5.74, 6) is 2.40. The Labute approximate surface area is 123 Å². The molecule has 1 unspecified atom stereocenters. The van der Waals surface area contributed by atoms with E-state index in [1.165, 1.54) is 25.7 Å². The van der Waals surface area contributed by atoms with E-state index in [9.17, 15) is 0 Å². The highest BCUT2D eigenvalue weighted by molar-refractivity contribution is 5.46. The van der Waals surface area contributed by atoms with Crippen molar-refractivity contribution in [1.29, 1.82) is 0 Å². The van der Waals surface area contributed by atoms with Crippen LogP contribution in [0.2, 0.25) is 0 Å². The predicted octanol–water partition coefficient (Wildman–Crippen LogP) is 4.01. The van der Waals surface area contributed by atoms with E-state index in [0.717, 1.165) is 36.1 Å². The van der Waals surface area contributed by atoms with E-state index in [-0.39, 0.29) is 0 Å². The lowest BCUT2D eigenvalue weighted by molar-refractivity contribution is 0.349. The number of hydrogen-bond donors (Lipinski definition) is 1. The summed E-state index contributed by atoms with van der Waals surface area (Å²) in [5.41, 5.74) is 1.15. The Morgan fingerprint density at radius 3 is 2.55 bits per heavy atom. The average molecular weight is 279 g/mol. The summed E-state index contributed by atoms with van der Waals surface area (Å²) in [6, 6.07) is 6.02. The van der Waals surface area contributed by atoms with E-state index in [0.29, 0.717) is 0 Å². The van der Waals surface area contributed by atoms with Gasteiger partial charge in [0.2, 0.25) is 0 Å². The Hall–Kier alpha value is -1.22. The van der Waals surface area contributed by atoms with Crippen molar-refractivity contribution in [2.45, 2.75) is 46.1 Å². The summed E-state index contributed by atoms with van der Waals surface area (Å²) in [7, 11) is 3.37. The molecule has 0 heterocycles. The number of nitrogens with one attached hydrogen (secondary N) is 1. The monoisotopic (exact) mass is 279 g/mol. The first-order chi connectivity index (χ1) is 9.76. The minimum atomic E-state index is 0.770. The molecule has 0 bridgehead atoms. The number of unbranched alkanes of at least 4 members (excludes halogenated alkanes) is 1. The van der Waals surface area contributed by atoms with Gasteiger partial charge in [0.1, 0.15) is 0 Å². The smallest absolute Gasteiger partial charge is 0.165 e. The Balaban J connectivity index is 2.52. The zero-order valence-corrected chi connectivity index (χ0v) is 13.4. The van der Waals surface area contributed by atoms with Crippen LogP contribution in [-0.2, 0) is 6.54 Å². The summed E-state index contributed by atoms with van der Waals surface area (Å²) in [6.45, 7) is 6.41. The van der Waals surface area contributed by atoms with Crippen molar-refractivity contribution in [1.82, 2.24) is 5.32 Å². The maximum atomic E-state index is 5.45. The van der Waals surface area contributed by atoms with Gasteiger partial charge in [-0.2, -0.15) is 0 Å². The molecule has 0 aromatic heterocycles. The second-order valence-electron chi connectivity index (χ2n) is 5.20. The number of hydrogen-bond acceptors (Lipinski definition) is 3. The zero-order chi connectivity index (χ0) is 14.8. The van der Waals surface area contributed by atoms with Crippen LogP contribution in [0.4, 0.5) is 0 Å². The van der Waals surface area contributed by atoms with E-state index in [1.54, 1.807) is 14.2 Å². The molecule has 0 spiro atoms. The van der Waals surface area contributed by atoms with Gasteiger partial charge in [0, 0.05) is 12.1 Å². The second kappa shape index (κ2) is 9.65. The molecule has 0 aliphatic carbocycles. The average Bonchev–Trinajstić information content (AvgIpc) is 2.50. The molecular formula is C17H29NO2. The molecule has 1 aromatic rings. The molecule has 0 amide bonds. The summed E-state index contributed by atoms with van der Waals surface area (Å²) in [4.78, 5) is 0. The fourth-order valence-electron chi connectivity index (χ4n) is 2.45. The largest absolute Gasteiger partial charge is 0.493 e. The lowest BCUT2D eigenvalue weighted by atomic mass is 9.99. The van der Waals surface area contributed by atoms with Crippen LogP contribution < -0.4 is 14.8 Å². The number of para-hydroxylation sites is 1. The molecule has 0 aliphatic rings. The highest BCUT2D eigenvalue weighted by Crippen LogP contribution is 2.30. The Morgan fingerprint density at radius 1 is 1.15 bits per heavy atom. The van der Waals surface area contributed by atoms with E-state index in [1.807, 2.05) is 12.1 Å². The molecule has 0 radical (unpaired) electrons. The molecule has 0 fully saturated rings. The molecule has 1 atom stereocenters. The molecule has 1 aromatic carbocycles. The van der Waals surface area contributed by atoms with E-state index in [4.69, 9.17) is 9.47 Å². The molecule has 20 heavy (non-hydrogen) atoms. The van der Waals surface area contributed by atoms with Crippen LogP contribution in [-0.4, -0.2) is 20.8 Å². The first-order valence-corrected chi connectivity index (χ1v) is 7.67. The van der Waals surface area contributed by atoms with Gasteiger partial charge in [-0.3, -0.25) is 0 Å². The van der Waals surface area contributed by atoms with Crippen LogP contribution in [0, 0.1) is 5.92 Å². The van der Waals surface area contributed by atoms with Gasteiger partial charge < -0.3 is 14.8 Å². The minimum Gasteiger partial charge on any atom is -0.493 e. The van der Waals surface area contributed by atoms with Crippen LogP contribution >= 0.6 is 0 Å². The molecule has 0 saturated heterocycles. The van der Waals surface area contributed by atoms with E-state index in [2.05, 4.69) is 25.2 Å². The van der Waals surface area contributed by atoms with E-state index < -0.39 is 0 Å². The normalized spacial score (nSPS) is 12.2. The molecule has 1 N–H and O–H groups in total. The topological polar surface area (TPSA) is 30.5 Å². The summed E-state index contributed by atoms with van der Waals surface area (Å²) in [5, 5.41) is 3.55. The summed E-state index contributed by atoms with van der Waals surface area (Å²) >= 11 is 0. The van der Waals surface area contributed by atoms with Crippen molar-refractivity contribution in [2.24, 2.45) is 5.92 Å². The van der Waals surface area contributed by atoms with Crippen LogP contribution in [0.15, 0.2) is 18.2 Å². The first-order valence-electron chi connectivity index (χ1n) is 7.67. The third-order valence-corrected chi connectivity index (χ3v) is 3.78. The van der Waals surface area contributed by atoms with Crippen LogP contribution in [0.25, 0.3) is 0 Å². The van der Waals surface area contributed by atoms with Crippen molar-refractivity contribution in [3.05, 3.63) is 23.8 Å². The first kappa shape index (κ1) is 16.8. The fourth-order valence-corrected chi connectivity index (χ4v) is 2.45. The SMILES string of the molecule is CCCCC(CC)CNCc1cccc(OC)c1OC. The van der Waals surface area contributed by atoms with Gasteiger partial charge in [-0.15, -0.1) is 0 Å². The molecule has 3 heteroatoms. The number of benzene rings is 1. The van der Waals surface area contributed by atoms with Gasteiger partial charge in [0.05, 0.1) is 14.2 Å². The summed E-state index contributed by atoms with van der Waals surface area (Å²) < 4.78 is 10.8. The standard InChI is InChI=1S/C17H29NO2/c1-5-7-9-14(6-2)12-18-13-15-10-8-11-16(19-3)17(15)20-4/h8,10-11,14,18H,5-7,9,12-13H2,1-4H3. The highest BCUT2D eigenvalue weighted by atomic mass is 16.5. The van der Waals surface area contributed by atoms with Crippen molar-refractivity contribution >= 4 is 0 Å². The number of methoxy groups -OCH3 is 2. The van der Waals surface area contributed by atoms with Crippen molar-refractivity contribution in [3.8, 4) is 11.5 Å². The molecular weight excluding hydrogens is 250 g/mol. The lowest BCUT2D eigenvalue weighted by Gasteiger charge is -2.17.